The summed E-state index contributed by atoms with van der Waals surface area (Å²) >= 11 is 7.08. The molecule has 5 rings (SSSR count). The molecule has 0 unspecified atom stereocenters. The van der Waals surface area contributed by atoms with Crippen LogP contribution in [0.4, 0.5) is 0 Å². The van der Waals surface area contributed by atoms with Crippen molar-refractivity contribution < 1.29 is 24.2 Å². The van der Waals surface area contributed by atoms with Crippen molar-refractivity contribution in [3.05, 3.63) is 118 Å². The summed E-state index contributed by atoms with van der Waals surface area (Å²) in [5.41, 5.74) is 10.0. The minimum atomic E-state index is 0.177. The minimum absolute atomic E-state index is 0.177. The van der Waals surface area contributed by atoms with Gasteiger partial charge in [-0.1, -0.05) is 76.3 Å². The van der Waals surface area contributed by atoms with E-state index >= 15 is 0 Å². The molecule has 178 valence electrons. The second kappa shape index (κ2) is 11.9. The maximum absolute atomic E-state index is 5.66. The van der Waals surface area contributed by atoms with Gasteiger partial charge in [0.1, 0.15) is 0 Å². The summed E-state index contributed by atoms with van der Waals surface area (Å²) in [6.45, 7) is 13.6. The molecule has 0 atom stereocenters. The standard InChI is InChI=1S/C21H25.C7H5Cl.C5H5.Zr/c1-20(2,3)16-9-7-14-11-15-8-10-17(21(4,5)6)13-19(15)18(14)12-16;1-6-2-4-7(8)5-3-6;1-2-4-5-3-1;/h7,9-10,12-13H,11H2,1-6H3;1-5H;1-3H,4H2;/q-1;;-1;+2. The zero-order valence-corrected chi connectivity index (χ0v) is 25.0. The fraction of sp³-hybridized carbons (Fsp3) is 0.303. The van der Waals surface area contributed by atoms with Crippen LogP contribution in [0.5, 0.6) is 0 Å². The van der Waals surface area contributed by atoms with Crippen molar-refractivity contribution in [1.29, 1.82) is 0 Å². The number of hydrogen-bond donors (Lipinski definition) is 0. The van der Waals surface area contributed by atoms with Gasteiger partial charge in [0.2, 0.25) is 0 Å². The molecule has 0 heterocycles. The molecule has 0 aliphatic heterocycles. The van der Waals surface area contributed by atoms with Gasteiger partial charge in [0, 0.05) is 0 Å². The molecular formula is C33H35ClZr. The van der Waals surface area contributed by atoms with E-state index in [1.807, 2.05) is 36.4 Å². The first-order valence-electron chi connectivity index (χ1n) is 12.2. The summed E-state index contributed by atoms with van der Waals surface area (Å²) in [6, 6.07) is 22.9. The van der Waals surface area contributed by atoms with Gasteiger partial charge in [-0.2, -0.15) is 35.4 Å². The molecule has 0 amide bonds. The van der Waals surface area contributed by atoms with E-state index in [-0.39, 0.29) is 10.8 Å². The first-order chi connectivity index (χ1) is 16.5. The second-order valence-electron chi connectivity index (χ2n) is 11.0. The molecule has 35 heavy (non-hydrogen) atoms. The third-order valence-electron chi connectivity index (χ3n) is 6.15. The quantitative estimate of drug-likeness (QED) is 0.205. The zero-order chi connectivity index (χ0) is 25.6. The molecule has 0 bridgehead atoms. The Kier molecular flexibility index (Phi) is 9.48. The molecule has 0 N–H and O–H groups in total. The normalized spacial score (nSPS) is 13.3. The van der Waals surface area contributed by atoms with E-state index in [9.17, 15) is 0 Å². The van der Waals surface area contributed by atoms with E-state index in [0.717, 1.165) is 17.9 Å². The van der Waals surface area contributed by atoms with Gasteiger partial charge in [-0.3, -0.25) is 6.08 Å². The second-order valence-corrected chi connectivity index (χ2v) is 12.2. The molecule has 0 radical (unpaired) electrons. The van der Waals surface area contributed by atoms with E-state index in [1.165, 1.54) is 63.2 Å². The largest absolute Gasteiger partial charge is 0.273 e. The summed E-state index contributed by atoms with van der Waals surface area (Å²) in [6.07, 6.45) is 11.0. The van der Waals surface area contributed by atoms with E-state index in [2.05, 4.69) is 93.8 Å². The van der Waals surface area contributed by atoms with Gasteiger partial charge in [-0.05, 0) is 17.4 Å². The summed E-state index contributed by atoms with van der Waals surface area (Å²) in [5.74, 6) is 0. The van der Waals surface area contributed by atoms with Crippen LogP contribution in [0, 0.1) is 12.1 Å². The fourth-order valence-corrected chi connectivity index (χ4v) is 4.48. The van der Waals surface area contributed by atoms with E-state index < -0.39 is 0 Å². The van der Waals surface area contributed by atoms with Gasteiger partial charge in [0.25, 0.3) is 0 Å². The molecular weight excluding hydrogens is 523 g/mol. The maximum Gasteiger partial charge on any atom is -0.109 e. The van der Waals surface area contributed by atoms with Crippen molar-refractivity contribution >= 4 is 15.3 Å². The van der Waals surface area contributed by atoms with Crippen LogP contribution in [0.3, 0.4) is 0 Å². The number of halogens is 1. The molecule has 2 heteroatoms. The topological polar surface area (TPSA) is 0 Å². The average molecular weight is 558 g/mol. The Morgan fingerprint density at radius 1 is 0.857 bits per heavy atom. The van der Waals surface area contributed by atoms with Gasteiger partial charge in [0.15, 0.2) is 0 Å². The number of benzene rings is 3. The number of hydrogen-bond acceptors (Lipinski definition) is 0. The van der Waals surface area contributed by atoms with E-state index in [0.29, 0.717) is 0 Å². The fourth-order valence-electron chi connectivity index (χ4n) is 3.88. The molecule has 0 aromatic heterocycles. The first-order valence-corrected chi connectivity index (χ1v) is 14.0. The Labute approximate surface area is 232 Å². The van der Waals surface area contributed by atoms with Crippen LogP contribution in [-0.4, -0.2) is 3.71 Å². The van der Waals surface area contributed by atoms with Crippen LogP contribution in [0.15, 0.2) is 72.8 Å². The van der Waals surface area contributed by atoms with Crippen LogP contribution >= 0.6 is 11.6 Å². The summed E-state index contributed by atoms with van der Waals surface area (Å²) < 4.78 is 2.13. The number of allylic oxidation sites excluding steroid dienone is 4. The third-order valence-corrected chi connectivity index (χ3v) is 7.22. The van der Waals surface area contributed by atoms with Gasteiger partial charge in [-0.25, -0.2) is 12.2 Å². The van der Waals surface area contributed by atoms with Crippen molar-refractivity contribution in [2.75, 3.05) is 0 Å². The molecule has 3 aromatic carbocycles. The molecule has 2 aliphatic rings. The van der Waals surface area contributed by atoms with Crippen molar-refractivity contribution in [1.82, 2.24) is 0 Å². The average Bonchev–Trinajstić information content (AvgIpc) is 3.50. The molecule has 3 aromatic rings. The van der Waals surface area contributed by atoms with Gasteiger partial charge < -0.3 is 0 Å². The van der Waals surface area contributed by atoms with Gasteiger partial charge >= 0.3 is 74.4 Å². The van der Waals surface area contributed by atoms with Gasteiger partial charge in [0.05, 0.1) is 0 Å². The third kappa shape index (κ3) is 7.83. The predicted molar refractivity (Wildman–Crippen MR) is 149 cm³/mol. The smallest absolute Gasteiger partial charge is 0.109 e. The molecule has 0 fully saturated rings. The molecule has 0 saturated heterocycles. The van der Waals surface area contributed by atoms with Crippen LogP contribution in [-0.2, 0) is 41.5 Å². The van der Waals surface area contributed by atoms with Crippen molar-refractivity contribution in [2.45, 2.75) is 65.2 Å². The SMILES string of the molecule is CC(C)(C)c1c[c-]c2c(c1)-c1cc(C(C)(C)C)ccc1C2.Clc1ccc([CH]=[Zr+2])cc1.[C-]1=CC=CC1. The van der Waals surface area contributed by atoms with Crippen LogP contribution < -0.4 is 0 Å². The monoisotopic (exact) mass is 556 g/mol. The first kappa shape index (κ1) is 27.8. The van der Waals surface area contributed by atoms with Crippen LogP contribution in [0.2, 0.25) is 5.02 Å². The molecule has 0 spiro atoms. The molecule has 2 aliphatic carbocycles. The summed E-state index contributed by atoms with van der Waals surface area (Å²) in [4.78, 5) is 0. The Hall–Kier alpha value is -1.82. The molecule has 0 saturated carbocycles. The van der Waals surface area contributed by atoms with Gasteiger partial charge in [-0.15, -0.1) is 12.0 Å². The van der Waals surface area contributed by atoms with E-state index in [1.54, 1.807) is 0 Å². The summed E-state index contributed by atoms with van der Waals surface area (Å²) in [7, 11) is 0. The predicted octanol–water partition coefficient (Wildman–Crippen LogP) is 9.00. The van der Waals surface area contributed by atoms with Crippen LogP contribution in [0.1, 0.15) is 75.8 Å². The zero-order valence-electron chi connectivity index (χ0n) is 21.8. The Morgan fingerprint density at radius 2 is 1.51 bits per heavy atom. The minimum Gasteiger partial charge on any atom is -0.273 e. The molecule has 0 nitrogen and oxygen atoms in total. The maximum atomic E-state index is 5.66. The van der Waals surface area contributed by atoms with Crippen LogP contribution in [0.25, 0.3) is 11.1 Å². The van der Waals surface area contributed by atoms with E-state index in [4.69, 9.17) is 11.6 Å². The Balaban J connectivity index is 0.000000199. The number of fused-ring (bicyclic) bond motifs is 3. The number of rotatable bonds is 1. The van der Waals surface area contributed by atoms with Crippen molar-refractivity contribution in [3.8, 4) is 11.1 Å². The Morgan fingerprint density at radius 3 is 2.03 bits per heavy atom. The summed E-state index contributed by atoms with van der Waals surface area (Å²) in [5, 5.41) is 0.802. The Bertz CT molecular complexity index is 1140. The van der Waals surface area contributed by atoms with Crippen molar-refractivity contribution in [3.63, 3.8) is 0 Å². The van der Waals surface area contributed by atoms with Crippen molar-refractivity contribution in [2.24, 2.45) is 0 Å².